The summed E-state index contributed by atoms with van der Waals surface area (Å²) >= 11 is 6.10. The predicted molar refractivity (Wildman–Crippen MR) is 121 cm³/mol. The normalized spacial score (nSPS) is 15.7. The first-order valence-corrected chi connectivity index (χ1v) is 10.5. The minimum absolute atomic E-state index is 0.170. The molecular formula is C23H23ClN4O3. The fourth-order valence-electron chi connectivity index (χ4n) is 3.75. The highest BCUT2D eigenvalue weighted by Gasteiger charge is 2.26. The van der Waals surface area contributed by atoms with Crippen LogP contribution in [0.1, 0.15) is 16.8 Å². The second-order valence-corrected chi connectivity index (χ2v) is 8.04. The quantitative estimate of drug-likeness (QED) is 0.704. The lowest BCUT2D eigenvalue weighted by Crippen LogP contribution is -2.52. The van der Waals surface area contributed by atoms with E-state index < -0.39 is 11.8 Å². The highest BCUT2D eigenvalue weighted by molar-refractivity contribution is 6.35. The van der Waals surface area contributed by atoms with Crippen molar-refractivity contribution in [2.75, 3.05) is 31.1 Å². The van der Waals surface area contributed by atoms with E-state index in [4.69, 9.17) is 11.6 Å². The van der Waals surface area contributed by atoms with Gasteiger partial charge in [0.15, 0.2) is 0 Å². The van der Waals surface area contributed by atoms with Gasteiger partial charge in [-0.2, -0.15) is 0 Å². The van der Waals surface area contributed by atoms with Gasteiger partial charge in [0.05, 0.1) is 0 Å². The third-order valence-corrected chi connectivity index (χ3v) is 5.92. The molecule has 0 saturated carbocycles. The number of hydrogen-bond donors (Lipinski definition) is 2. The zero-order valence-electron chi connectivity index (χ0n) is 17.2. The third kappa shape index (κ3) is 4.72. The average Bonchev–Trinajstić information content (AvgIpc) is 2.96. The van der Waals surface area contributed by atoms with Crippen LogP contribution in [-0.4, -0.2) is 47.9 Å². The van der Waals surface area contributed by atoms with Gasteiger partial charge >= 0.3 is 11.8 Å². The van der Waals surface area contributed by atoms with Crippen molar-refractivity contribution in [1.29, 1.82) is 0 Å². The number of pyridine rings is 1. The Hall–Kier alpha value is -3.32. The monoisotopic (exact) mass is 438 g/mol. The molecule has 1 aliphatic carbocycles. The van der Waals surface area contributed by atoms with Crippen LogP contribution in [0.15, 0.2) is 53.0 Å². The average molecular weight is 439 g/mol. The molecule has 0 radical (unpaired) electrons. The molecule has 0 unspecified atom stereocenters. The summed E-state index contributed by atoms with van der Waals surface area (Å²) in [6, 6.07) is 9.01. The second-order valence-electron chi connectivity index (χ2n) is 7.63. The molecule has 1 fully saturated rings. The van der Waals surface area contributed by atoms with Gasteiger partial charge in [0.1, 0.15) is 0 Å². The van der Waals surface area contributed by atoms with Crippen molar-refractivity contribution >= 4 is 35.2 Å². The minimum Gasteiger partial charge on any atom is -0.368 e. The molecule has 160 valence electrons. The van der Waals surface area contributed by atoms with E-state index in [9.17, 15) is 14.4 Å². The van der Waals surface area contributed by atoms with Gasteiger partial charge in [0.2, 0.25) is 5.56 Å². The molecule has 2 aromatic rings. The zero-order chi connectivity index (χ0) is 22.0. The Labute approximate surface area is 185 Å². The number of benzene rings is 1. The standard InChI is InChI=1S/C23H23ClN4O3/c1-15-13-18(6-7-19(15)24)27-9-11-28(12-10-27)23(31)22(30)25-17-3-2-4-20-16(14-17)5-8-21(29)26-20/h2-3,5-8,13-14H,4,9-12H2,1H3,(H,25,30)(H,26,29). The maximum Gasteiger partial charge on any atom is 0.313 e. The number of anilines is 1. The number of piperazine rings is 1. The summed E-state index contributed by atoms with van der Waals surface area (Å²) in [4.78, 5) is 43.3. The maximum atomic E-state index is 12.7. The molecule has 0 bridgehead atoms. The molecule has 7 nitrogen and oxygen atoms in total. The molecule has 1 aromatic heterocycles. The number of aryl methyl sites for hydroxylation is 1. The van der Waals surface area contributed by atoms with Crippen LogP contribution < -0.4 is 15.8 Å². The van der Waals surface area contributed by atoms with Gasteiger partial charge in [0.25, 0.3) is 0 Å². The van der Waals surface area contributed by atoms with Gasteiger partial charge in [-0.1, -0.05) is 17.7 Å². The van der Waals surface area contributed by atoms with Gasteiger partial charge < -0.3 is 20.1 Å². The van der Waals surface area contributed by atoms with Crippen molar-refractivity contribution in [2.24, 2.45) is 0 Å². The molecule has 2 aliphatic rings. The van der Waals surface area contributed by atoms with Crippen molar-refractivity contribution < 1.29 is 9.59 Å². The number of amides is 2. The second kappa shape index (κ2) is 8.81. The third-order valence-electron chi connectivity index (χ3n) is 5.49. The van der Waals surface area contributed by atoms with E-state index in [2.05, 4.69) is 15.2 Å². The molecule has 2 N–H and O–H groups in total. The van der Waals surface area contributed by atoms with Crippen LogP contribution >= 0.6 is 11.6 Å². The number of carbonyl (C=O) groups is 2. The number of H-pyrrole nitrogens is 1. The first-order chi connectivity index (χ1) is 14.9. The Morgan fingerprint density at radius 2 is 1.87 bits per heavy atom. The first kappa shape index (κ1) is 20.9. The van der Waals surface area contributed by atoms with Crippen molar-refractivity contribution in [2.45, 2.75) is 13.3 Å². The summed E-state index contributed by atoms with van der Waals surface area (Å²) in [6.45, 7) is 4.18. The summed E-state index contributed by atoms with van der Waals surface area (Å²) in [5.41, 5.74) is 3.99. The Morgan fingerprint density at radius 1 is 1.10 bits per heavy atom. The van der Waals surface area contributed by atoms with Crippen LogP contribution in [0.2, 0.25) is 5.02 Å². The fourth-order valence-corrected chi connectivity index (χ4v) is 3.87. The number of nitrogens with one attached hydrogen (secondary N) is 2. The number of aromatic nitrogens is 1. The van der Waals surface area contributed by atoms with E-state index in [1.54, 1.807) is 23.1 Å². The number of allylic oxidation sites excluding steroid dienone is 2. The number of hydrogen-bond acceptors (Lipinski definition) is 4. The highest BCUT2D eigenvalue weighted by Crippen LogP contribution is 2.23. The molecule has 0 atom stereocenters. The molecule has 31 heavy (non-hydrogen) atoms. The molecular weight excluding hydrogens is 416 g/mol. The lowest BCUT2D eigenvalue weighted by atomic mass is 10.1. The number of carbonyl (C=O) groups excluding carboxylic acids is 2. The molecule has 1 aliphatic heterocycles. The number of fused-ring (bicyclic) bond motifs is 1. The SMILES string of the molecule is Cc1cc(N2CCN(C(=O)C(=O)NC3=Cc4ccc(=O)[nH]c4CC=C3)CC2)ccc1Cl. The highest BCUT2D eigenvalue weighted by atomic mass is 35.5. The summed E-state index contributed by atoms with van der Waals surface area (Å²) in [5.74, 6) is -1.22. The molecule has 4 rings (SSSR count). The van der Waals surface area contributed by atoms with Crippen LogP contribution in [0.5, 0.6) is 0 Å². The van der Waals surface area contributed by atoms with E-state index in [0.29, 0.717) is 38.3 Å². The molecule has 1 saturated heterocycles. The summed E-state index contributed by atoms with van der Waals surface area (Å²) < 4.78 is 0. The zero-order valence-corrected chi connectivity index (χ0v) is 17.9. The van der Waals surface area contributed by atoms with E-state index in [-0.39, 0.29) is 5.56 Å². The van der Waals surface area contributed by atoms with E-state index >= 15 is 0 Å². The number of aromatic amines is 1. The molecule has 2 heterocycles. The van der Waals surface area contributed by atoms with Gasteiger partial charge in [-0.15, -0.1) is 0 Å². The maximum absolute atomic E-state index is 12.7. The molecule has 0 spiro atoms. The van der Waals surface area contributed by atoms with Crippen LogP contribution in [0.3, 0.4) is 0 Å². The Kier molecular flexibility index (Phi) is 5.95. The molecule has 8 heteroatoms. The van der Waals surface area contributed by atoms with Gasteiger partial charge in [0, 0.05) is 60.8 Å². The van der Waals surface area contributed by atoms with Crippen molar-refractivity contribution in [3.8, 4) is 0 Å². The van der Waals surface area contributed by atoms with E-state index in [1.165, 1.54) is 6.07 Å². The Morgan fingerprint density at radius 3 is 2.61 bits per heavy atom. The predicted octanol–water partition coefficient (Wildman–Crippen LogP) is 2.25. The first-order valence-electron chi connectivity index (χ1n) is 10.1. The van der Waals surface area contributed by atoms with Crippen molar-refractivity contribution in [3.63, 3.8) is 0 Å². The summed E-state index contributed by atoms with van der Waals surface area (Å²) in [6.07, 6.45) is 5.87. The smallest absolute Gasteiger partial charge is 0.313 e. The van der Waals surface area contributed by atoms with Gasteiger partial charge in [-0.25, -0.2) is 0 Å². The number of rotatable bonds is 2. The number of halogens is 1. The van der Waals surface area contributed by atoms with Crippen LogP contribution in [0, 0.1) is 6.92 Å². The van der Waals surface area contributed by atoms with Crippen LogP contribution in [0.25, 0.3) is 6.08 Å². The summed E-state index contributed by atoms with van der Waals surface area (Å²) in [7, 11) is 0. The van der Waals surface area contributed by atoms with Crippen molar-refractivity contribution in [3.05, 3.63) is 80.4 Å². The molecule has 1 aromatic carbocycles. The van der Waals surface area contributed by atoms with Crippen LogP contribution in [0.4, 0.5) is 5.69 Å². The van der Waals surface area contributed by atoms with E-state index in [0.717, 1.165) is 27.5 Å². The van der Waals surface area contributed by atoms with E-state index in [1.807, 2.05) is 31.2 Å². The topological polar surface area (TPSA) is 85.5 Å². The van der Waals surface area contributed by atoms with Crippen molar-refractivity contribution in [1.82, 2.24) is 15.2 Å². The van der Waals surface area contributed by atoms with Crippen LogP contribution in [-0.2, 0) is 16.0 Å². The lowest BCUT2D eigenvalue weighted by molar-refractivity contribution is -0.145. The van der Waals surface area contributed by atoms with Gasteiger partial charge in [-0.3, -0.25) is 14.4 Å². The molecule has 2 amide bonds. The lowest BCUT2D eigenvalue weighted by Gasteiger charge is -2.36. The number of nitrogens with zero attached hydrogens (tertiary/aromatic N) is 2. The Bertz CT molecular complexity index is 1140. The minimum atomic E-state index is -0.667. The largest absolute Gasteiger partial charge is 0.368 e. The fraction of sp³-hybridized carbons (Fsp3) is 0.261. The Balaban J connectivity index is 1.38. The summed E-state index contributed by atoms with van der Waals surface area (Å²) in [5, 5.41) is 3.42. The van der Waals surface area contributed by atoms with Gasteiger partial charge in [-0.05, 0) is 54.5 Å².